The van der Waals surface area contributed by atoms with Gasteiger partial charge in [-0.2, -0.15) is 0 Å². The minimum atomic E-state index is 0.922. The minimum Gasteiger partial charge on any atom is -0.456 e. The number of hydrogen-bond donors (Lipinski definition) is 0. The molecule has 3 nitrogen and oxygen atoms in total. The highest BCUT2D eigenvalue weighted by Gasteiger charge is 2.25. The van der Waals surface area contributed by atoms with E-state index < -0.39 is 0 Å². The fraction of sp³-hybridized carbons (Fsp3) is 0. The van der Waals surface area contributed by atoms with Crippen LogP contribution in [0.4, 0.5) is 0 Å². The van der Waals surface area contributed by atoms with Crippen LogP contribution in [0.2, 0.25) is 0 Å². The SMILES string of the molecule is c1ccc2c(-c3c4ccccc4c(-c4cccc5c4oc4ccccc45)c4ccccc34)cccc2c1.c1ccc2cc(-c3c4ccccc4c(-c4ccc5oc6ccccc6c5c4)c4ccccc34)ccc2c1.c1ccc2cc(-c3c4ccccc4c(-c4cccc5c4oc4ccccc45)c4ccccc34)ccc2c1. The molecule has 3 aromatic heterocycles. The second kappa shape index (κ2) is 26.1. The predicted octanol–water partition coefficient (Wildman–Crippen LogP) is 31.1. The molecule has 24 rings (SSSR count). The van der Waals surface area contributed by atoms with Crippen molar-refractivity contribution in [3.8, 4) is 66.8 Å². The second-order valence-corrected chi connectivity index (χ2v) is 29.0. The molecule has 0 atom stereocenters. The van der Waals surface area contributed by atoms with Crippen LogP contribution in [-0.2, 0) is 0 Å². The van der Waals surface area contributed by atoms with Crippen LogP contribution in [0.15, 0.2) is 414 Å². The Morgan fingerprint density at radius 3 is 0.784 bits per heavy atom. The molecule has 0 amide bonds. The molecule has 0 radical (unpaired) electrons. The van der Waals surface area contributed by atoms with Crippen LogP contribution in [0.25, 0.3) is 230 Å². The van der Waals surface area contributed by atoms with Crippen molar-refractivity contribution in [1.29, 1.82) is 0 Å². The summed E-state index contributed by atoms with van der Waals surface area (Å²) in [6, 6.07) is 144. The molecule has 0 bridgehead atoms. The summed E-state index contributed by atoms with van der Waals surface area (Å²) in [6.45, 7) is 0. The summed E-state index contributed by atoms with van der Waals surface area (Å²) in [5, 5.41) is 29.5. The van der Waals surface area contributed by atoms with E-state index in [4.69, 9.17) is 13.3 Å². The Morgan fingerprint density at radius 1 is 0.126 bits per heavy atom. The van der Waals surface area contributed by atoms with E-state index in [1.54, 1.807) is 0 Å². The molecule has 21 aromatic carbocycles. The van der Waals surface area contributed by atoms with Gasteiger partial charge >= 0.3 is 0 Å². The molecule has 24 aromatic rings. The lowest BCUT2D eigenvalue weighted by Crippen LogP contribution is -1.91. The van der Waals surface area contributed by atoms with Crippen molar-refractivity contribution in [3.63, 3.8) is 0 Å². The highest BCUT2D eigenvalue weighted by molar-refractivity contribution is 6.28. The Balaban J connectivity index is 0.000000102. The Labute approximate surface area is 639 Å². The maximum absolute atomic E-state index is 6.51. The molecular formula is C108H66O3. The van der Waals surface area contributed by atoms with E-state index in [1.807, 2.05) is 24.3 Å². The van der Waals surface area contributed by atoms with Gasteiger partial charge in [-0.3, -0.25) is 0 Å². The zero-order valence-electron chi connectivity index (χ0n) is 60.3. The van der Waals surface area contributed by atoms with Gasteiger partial charge < -0.3 is 13.3 Å². The fourth-order valence-corrected chi connectivity index (χ4v) is 18.1. The van der Waals surface area contributed by atoms with E-state index in [0.29, 0.717) is 0 Å². The topological polar surface area (TPSA) is 39.4 Å². The van der Waals surface area contributed by atoms with Crippen molar-refractivity contribution in [2.75, 3.05) is 0 Å². The summed E-state index contributed by atoms with van der Waals surface area (Å²) in [5.74, 6) is 0. The average molecular weight is 1410 g/mol. The first-order valence-electron chi connectivity index (χ1n) is 38.1. The first kappa shape index (κ1) is 63.6. The molecule has 0 N–H and O–H groups in total. The lowest BCUT2D eigenvalue weighted by atomic mass is 9.84. The molecule has 0 aliphatic carbocycles. The molecule has 0 fully saturated rings. The van der Waals surface area contributed by atoms with E-state index in [-0.39, 0.29) is 0 Å². The summed E-state index contributed by atoms with van der Waals surface area (Å²) in [5.41, 5.74) is 20.3. The monoisotopic (exact) mass is 1410 g/mol. The molecule has 0 unspecified atom stereocenters. The minimum absolute atomic E-state index is 0.922. The third-order valence-corrected chi connectivity index (χ3v) is 22.9. The van der Waals surface area contributed by atoms with E-state index in [1.165, 1.54) is 153 Å². The first-order chi connectivity index (χ1) is 55.1. The molecule has 3 heterocycles. The predicted molar refractivity (Wildman–Crippen MR) is 471 cm³/mol. The van der Waals surface area contributed by atoms with Crippen LogP contribution in [0.3, 0.4) is 0 Å². The van der Waals surface area contributed by atoms with Crippen LogP contribution < -0.4 is 0 Å². The molecule has 111 heavy (non-hydrogen) atoms. The Bertz CT molecular complexity index is 7720. The summed E-state index contributed by atoms with van der Waals surface area (Å²) in [6.07, 6.45) is 0. The van der Waals surface area contributed by atoms with Crippen molar-refractivity contribution in [1.82, 2.24) is 0 Å². The lowest BCUT2D eigenvalue weighted by molar-refractivity contribution is 0.669. The second-order valence-electron chi connectivity index (χ2n) is 29.0. The van der Waals surface area contributed by atoms with Gasteiger partial charge in [-0.25, -0.2) is 0 Å². The maximum atomic E-state index is 6.51. The highest BCUT2D eigenvalue weighted by Crippen LogP contribution is 2.51. The first-order valence-corrected chi connectivity index (χ1v) is 38.1. The number of furan rings is 3. The van der Waals surface area contributed by atoms with Gasteiger partial charge in [0, 0.05) is 54.6 Å². The molecule has 0 saturated heterocycles. The van der Waals surface area contributed by atoms with Crippen LogP contribution in [0.1, 0.15) is 0 Å². The number of hydrogen-bond acceptors (Lipinski definition) is 3. The smallest absolute Gasteiger partial charge is 0.143 e. The van der Waals surface area contributed by atoms with Gasteiger partial charge in [-0.1, -0.05) is 358 Å². The van der Waals surface area contributed by atoms with E-state index in [9.17, 15) is 0 Å². The van der Waals surface area contributed by atoms with E-state index in [2.05, 4.69) is 376 Å². The molecule has 0 spiro atoms. The summed E-state index contributed by atoms with van der Waals surface area (Å²) >= 11 is 0. The van der Waals surface area contributed by atoms with E-state index in [0.717, 1.165) is 76.9 Å². The Morgan fingerprint density at radius 2 is 0.378 bits per heavy atom. The molecule has 0 aliphatic heterocycles. The zero-order valence-corrected chi connectivity index (χ0v) is 60.3. The third-order valence-electron chi connectivity index (χ3n) is 22.9. The number of benzene rings is 21. The lowest BCUT2D eigenvalue weighted by Gasteiger charge is -2.18. The van der Waals surface area contributed by atoms with Crippen molar-refractivity contribution < 1.29 is 13.3 Å². The molecule has 0 aliphatic rings. The normalized spacial score (nSPS) is 11.8. The van der Waals surface area contributed by atoms with Crippen molar-refractivity contribution in [2.45, 2.75) is 0 Å². The maximum Gasteiger partial charge on any atom is 0.143 e. The van der Waals surface area contributed by atoms with Gasteiger partial charge in [0.15, 0.2) is 0 Å². The van der Waals surface area contributed by atoms with Crippen LogP contribution in [0.5, 0.6) is 0 Å². The van der Waals surface area contributed by atoms with Gasteiger partial charge in [0.05, 0.1) is 0 Å². The van der Waals surface area contributed by atoms with Crippen LogP contribution >= 0.6 is 0 Å². The molecule has 516 valence electrons. The molecule has 3 heteroatoms. The quantitative estimate of drug-likeness (QED) is 0.156. The van der Waals surface area contributed by atoms with Gasteiger partial charge in [-0.05, 0) is 184 Å². The fourth-order valence-electron chi connectivity index (χ4n) is 18.1. The average Bonchev–Trinajstić information content (AvgIpc) is 1.63. The largest absolute Gasteiger partial charge is 0.456 e. The summed E-state index contributed by atoms with van der Waals surface area (Å²) in [7, 11) is 0. The third kappa shape index (κ3) is 10.4. The number of para-hydroxylation sites is 5. The van der Waals surface area contributed by atoms with Crippen molar-refractivity contribution >= 4 is 163 Å². The van der Waals surface area contributed by atoms with Crippen molar-refractivity contribution in [2.24, 2.45) is 0 Å². The Hall–Kier alpha value is -14.6. The van der Waals surface area contributed by atoms with Crippen LogP contribution in [-0.4, -0.2) is 0 Å². The zero-order chi connectivity index (χ0) is 73.0. The van der Waals surface area contributed by atoms with Crippen LogP contribution in [0, 0.1) is 0 Å². The van der Waals surface area contributed by atoms with Crippen molar-refractivity contribution in [3.05, 3.63) is 400 Å². The Kier molecular flexibility index (Phi) is 15.0. The van der Waals surface area contributed by atoms with E-state index >= 15 is 0 Å². The summed E-state index contributed by atoms with van der Waals surface area (Å²) < 4.78 is 19.1. The molecular weight excluding hydrogens is 1350 g/mol. The van der Waals surface area contributed by atoms with Gasteiger partial charge in [0.1, 0.15) is 33.5 Å². The van der Waals surface area contributed by atoms with Gasteiger partial charge in [-0.15, -0.1) is 0 Å². The number of rotatable bonds is 6. The summed E-state index contributed by atoms with van der Waals surface area (Å²) in [4.78, 5) is 0. The standard InChI is InChI=1S/3C36H22O/c1-2-13-24-23(11-1)12-9-19-26(24)34-27-15-3-5-17-29(27)35(30-18-6-4-16-28(30)34)32-21-10-20-31-25-14-7-8-22-33(25)37-36(31)32;1-2-11-24-22-25(21-20-23(24)10-1)34-27-13-3-5-15-29(27)35(30-16-6-4-14-28(30)34)32-18-9-17-31-26-12-7-8-19-33(26)37-36(31)32;1-2-10-24-21-25(18-17-23(24)9-1)35-28-12-3-5-14-30(28)36(31-15-6-4-13-29(31)35)26-19-20-34-32(22-26)27-11-7-8-16-33(27)37-34/h3*1-22H. The van der Waals surface area contributed by atoms with Gasteiger partial charge in [0.25, 0.3) is 0 Å². The number of fused-ring (bicyclic) bond motifs is 18. The molecule has 0 saturated carbocycles. The highest BCUT2D eigenvalue weighted by atomic mass is 16.3. The van der Waals surface area contributed by atoms with Gasteiger partial charge in [0.2, 0.25) is 0 Å².